The van der Waals surface area contributed by atoms with Crippen molar-refractivity contribution in [2.75, 3.05) is 6.61 Å². The second-order valence-electron chi connectivity index (χ2n) is 4.53. The zero-order valence-corrected chi connectivity index (χ0v) is 10.4. The lowest BCUT2D eigenvalue weighted by Crippen LogP contribution is -2.62. The van der Waals surface area contributed by atoms with Crippen molar-refractivity contribution >= 4 is 9.04 Å². The molecular weight excluding hydrogens is 247 g/mol. The highest BCUT2D eigenvalue weighted by Gasteiger charge is 2.69. The van der Waals surface area contributed by atoms with E-state index in [0.717, 1.165) is 0 Å². The minimum atomic E-state index is -4.67. The van der Waals surface area contributed by atoms with Crippen molar-refractivity contribution in [3.05, 3.63) is 0 Å². The SMILES string of the molecule is CC(C)(F)C(F)(F)C(F)(F)[SiH]1CCCCO1. The van der Waals surface area contributed by atoms with E-state index in [1.165, 1.54) is 0 Å². The first-order chi connectivity index (χ1) is 7.11. The first-order valence-electron chi connectivity index (χ1n) is 5.17. The standard InChI is InChI=1S/C9H15F5OSi/c1-7(2,10)8(11,12)9(13,14)16-6-4-3-5-15-16/h16H,3-6H2,1-2H3. The Balaban J connectivity index is 2.90. The summed E-state index contributed by atoms with van der Waals surface area (Å²) in [6.45, 7) is 1.02. The molecule has 0 saturated carbocycles. The Kier molecular flexibility index (Phi) is 3.69. The molecule has 1 aliphatic rings. The van der Waals surface area contributed by atoms with Crippen LogP contribution in [0.4, 0.5) is 22.0 Å². The summed E-state index contributed by atoms with van der Waals surface area (Å²) in [6.07, 6.45) is 1.06. The van der Waals surface area contributed by atoms with Crippen LogP contribution in [0, 0.1) is 0 Å². The van der Waals surface area contributed by atoms with E-state index >= 15 is 0 Å². The fourth-order valence-corrected chi connectivity index (χ4v) is 4.22. The molecule has 16 heavy (non-hydrogen) atoms. The summed E-state index contributed by atoms with van der Waals surface area (Å²) >= 11 is 0. The van der Waals surface area contributed by atoms with Gasteiger partial charge in [0.05, 0.1) is 0 Å². The van der Waals surface area contributed by atoms with Gasteiger partial charge < -0.3 is 4.43 Å². The Morgan fingerprint density at radius 2 is 1.56 bits per heavy atom. The average Bonchev–Trinajstić information content (AvgIpc) is 2.17. The van der Waals surface area contributed by atoms with Crippen LogP contribution in [0.2, 0.25) is 6.04 Å². The smallest absolute Gasteiger partial charge is 0.341 e. The van der Waals surface area contributed by atoms with Gasteiger partial charge in [0.25, 0.3) is 9.04 Å². The lowest BCUT2D eigenvalue weighted by Gasteiger charge is -2.38. The molecule has 7 heteroatoms. The predicted molar refractivity (Wildman–Crippen MR) is 52.2 cm³/mol. The van der Waals surface area contributed by atoms with Crippen LogP contribution in [0.3, 0.4) is 0 Å². The van der Waals surface area contributed by atoms with E-state index in [1.807, 2.05) is 0 Å². The first-order valence-corrected chi connectivity index (χ1v) is 7.03. The van der Waals surface area contributed by atoms with Crippen molar-refractivity contribution < 1.29 is 26.4 Å². The van der Waals surface area contributed by atoms with Gasteiger partial charge in [-0.1, -0.05) is 6.42 Å². The fraction of sp³-hybridized carbons (Fsp3) is 1.00. The van der Waals surface area contributed by atoms with Crippen molar-refractivity contribution in [2.24, 2.45) is 0 Å². The minimum Gasteiger partial charge on any atom is -0.413 e. The predicted octanol–water partition coefficient (Wildman–Crippen LogP) is 3.08. The highest BCUT2D eigenvalue weighted by atomic mass is 28.3. The summed E-state index contributed by atoms with van der Waals surface area (Å²) in [7, 11) is -3.38. The number of halogens is 5. The number of alkyl halides is 5. The molecule has 0 amide bonds. The van der Waals surface area contributed by atoms with E-state index in [4.69, 9.17) is 4.43 Å². The zero-order valence-electron chi connectivity index (χ0n) is 9.20. The summed E-state index contributed by atoms with van der Waals surface area (Å²) in [4.78, 5) is 0. The molecule has 1 saturated heterocycles. The lowest BCUT2D eigenvalue weighted by molar-refractivity contribution is -0.232. The molecule has 1 nitrogen and oxygen atoms in total. The van der Waals surface area contributed by atoms with E-state index in [0.29, 0.717) is 26.7 Å². The third-order valence-corrected chi connectivity index (χ3v) is 5.49. The highest BCUT2D eigenvalue weighted by molar-refractivity contribution is 6.55. The van der Waals surface area contributed by atoms with Gasteiger partial charge in [0.15, 0.2) is 5.67 Å². The zero-order chi connectivity index (χ0) is 12.6. The molecule has 0 aromatic carbocycles. The maximum Gasteiger partial charge on any atom is 0.341 e. The maximum atomic E-state index is 13.5. The third kappa shape index (κ3) is 2.25. The minimum absolute atomic E-state index is 0.0291. The van der Waals surface area contributed by atoms with Gasteiger partial charge in [-0.3, -0.25) is 0 Å². The summed E-state index contributed by atoms with van der Waals surface area (Å²) in [6, 6.07) is -0.0291. The lowest BCUT2D eigenvalue weighted by atomic mass is 10.0. The average molecular weight is 262 g/mol. The second kappa shape index (κ2) is 4.25. The van der Waals surface area contributed by atoms with E-state index in [9.17, 15) is 22.0 Å². The summed E-state index contributed by atoms with van der Waals surface area (Å²) < 4.78 is 71.6. The Labute approximate surface area is 92.7 Å². The van der Waals surface area contributed by atoms with E-state index in [2.05, 4.69) is 0 Å². The van der Waals surface area contributed by atoms with Crippen LogP contribution in [0.25, 0.3) is 0 Å². The van der Waals surface area contributed by atoms with Gasteiger partial charge in [0, 0.05) is 6.61 Å². The van der Waals surface area contributed by atoms with Crippen LogP contribution < -0.4 is 0 Å². The maximum absolute atomic E-state index is 13.5. The summed E-state index contributed by atoms with van der Waals surface area (Å²) in [5.41, 5.74) is -7.59. The van der Waals surface area contributed by atoms with Gasteiger partial charge in [-0.2, -0.15) is 8.78 Å². The molecule has 0 radical (unpaired) electrons. The third-order valence-electron chi connectivity index (χ3n) is 2.75. The molecule has 0 bridgehead atoms. The molecule has 0 aromatic rings. The number of hydrogen-bond acceptors (Lipinski definition) is 1. The Bertz CT molecular complexity index is 245. The van der Waals surface area contributed by atoms with Gasteiger partial charge in [0.2, 0.25) is 0 Å². The molecular formula is C9H15F5OSi. The van der Waals surface area contributed by atoms with Crippen LogP contribution in [0.15, 0.2) is 0 Å². The fourth-order valence-electron chi connectivity index (χ4n) is 1.63. The van der Waals surface area contributed by atoms with Crippen molar-refractivity contribution in [1.29, 1.82) is 0 Å². The summed E-state index contributed by atoms with van der Waals surface area (Å²) in [5.74, 6) is -4.67. The normalized spacial score (nSPS) is 24.6. The van der Waals surface area contributed by atoms with Gasteiger partial charge in [0.1, 0.15) is 0 Å². The Morgan fingerprint density at radius 1 is 1.00 bits per heavy atom. The Hall–Kier alpha value is -0.173. The quantitative estimate of drug-likeness (QED) is 0.561. The molecule has 1 atom stereocenters. The molecule has 0 aliphatic carbocycles. The molecule has 1 aliphatic heterocycles. The van der Waals surface area contributed by atoms with E-state index < -0.39 is 26.2 Å². The molecule has 0 spiro atoms. The van der Waals surface area contributed by atoms with Crippen LogP contribution in [0.1, 0.15) is 26.7 Å². The van der Waals surface area contributed by atoms with Crippen LogP contribution in [-0.4, -0.2) is 32.8 Å². The highest BCUT2D eigenvalue weighted by Crippen LogP contribution is 2.47. The van der Waals surface area contributed by atoms with Crippen LogP contribution in [-0.2, 0) is 4.43 Å². The molecule has 0 aromatic heterocycles. The Morgan fingerprint density at radius 3 is 1.94 bits per heavy atom. The van der Waals surface area contributed by atoms with Crippen LogP contribution >= 0.6 is 0 Å². The molecule has 1 fully saturated rings. The molecule has 1 rings (SSSR count). The monoisotopic (exact) mass is 262 g/mol. The number of rotatable bonds is 3. The molecule has 0 N–H and O–H groups in total. The van der Waals surface area contributed by atoms with E-state index in [1.54, 1.807) is 0 Å². The van der Waals surface area contributed by atoms with Crippen molar-refractivity contribution in [3.63, 3.8) is 0 Å². The van der Waals surface area contributed by atoms with Gasteiger partial charge in [-0.25, -0.2) is 13.2 Å². The van der Waals surface area contributed by atoms with Crippen molar-refractivity contribution in [3.8, 4) is 0 Å². The number of hydrogen-bond donors (Lipinski definition) is 0. The second-order valence-corrected chi connectivity index (χ2v) is 7.14. The van der Waals surface area contributed by atoms with Crippen molar-refractivity contribution in [1.82, 2.24) is 0 Å². The van der Waals surface area contributed by atoms with Gasteiger partial charge >= 0.3 is 11.5 Å². The summed E-state index contributed by atoms with van der Waals surface area (Å²) in [5, 5.41) is 0. The van der Waals surface area contributed by atoms with Gasteiger partial charge in [-0.15, -0.1) is 0 Å². The largest absolute Gasteiger partial charge is 0.413 e. The molecule has 96 valence electrons. The molecule has 1 unspecified atom stereocenters. The first kappa shape index (κ1) is 13.9. The van der Waals surface area contributed by atoms with E-state index in [-0.39, 0.29) is 12.7 Å². The van der Waals surface area contributed by atoms with Crippen LogP contribution in [0.5, 0.6) is 0 Å². The molecule has 1 heterocycles. The van der Waals surface area contributed by atoms with Crippen molar-refractivity contribution in [2.45, 2.75) is 49.9 Å². The van der Waals surface area contributed by atoms with Gasteiger partial charge in [-0.05, 0) is 26.3 Å². The topological polar surface area (TPSA) is 9.23 Å².